The zero-order valence-electron chi connectivity index (χ0n) is 10.2. The fourth-order valence-corrected chi connectivity index (χ4v) is 2.57. The molecule has 0 aliphatic carbocycles. The van der Waals surface area contributed by atoms with Gasteiger partial charge in [-0.05, 0) is 59.8 Å². The van der Waals surface area contributed by atoms with Gasteiger partial charge in [0.05, 0.1) is 5.69 Å². The van der Waals surface area contributed by atoms with Gasteiger partial charge in [0.15, 0.2) is 0 Å². The van der Waals surface area contributed by atoms with Crippen LogP contribution in [0.15, 0.2) is 16.6 Å². The van der Waals surface area contributed by atoms with Gasteiger partial charge in [0.2, 0.25) is 0 Å². The summed E-state index contributed by atoms with van der Waals surface area (Å²) < 4.78 is 1.06. The first kappa shape index (κ1) is 14.0. The fourth-order valence-electron chi connectivity index (χ4n) is 1.75. The van der Waals surface area contributed by atoms with Gasteiger partial charge >= 0.3 is 5.97 Å². The zero-order chi connectivity index (χ0) is 12.8. The average molecular weight is 300 g/mol. The molecule has 1 aromatic rings. The molecule has 0 aliphatic heterocycles. The van der Waals surface area contributed by atoms with E-state index in [9.17, 15) is 4.79 Å². The Bertz CT molecular complexity index is 381. The molecule has 0 saturated heterocycles. The summed E-state index contributed by atoms with van der Waals surface area (Å²) in [6.45, 7) is 4.93. The summed E-state index contributed by atoms with van der Waals surface area (Å²) in [5.74, 6) is -0.724. The number of halogens is 1. The standard InChI is InChI=1S/C13H18BrNO2/c1-9-7-10(2)13(11(14)8-9)15-6-4-3-5-12(16)17/h7-8,15H,3-6H2,1-2H3,(H,16,17). The zero-order valence-corrected chi connectivity index (χ0v) is 11.8. The Labute approximate surface area is 110 Å². The number of carboxylic acids is 1. The van der Waals surface area contributed by atoms with Gasteiger partial charge in [0.25, 0.3) is 0 Å². The van der Waals surface area contributed by atoms with E-state index in [-0.39, 0.29) is 6.42 Å². The molecule has 17 heavy (non-hydrogen) atoms. The molecule has 3 nitrogen and oxygen atoms in total. The second-order valence-corrected chi connectivity index (χ2v) is 5.07. The molecular formula is C13H18BrNO2. The van der Waals surface area contributed by atoms with Crippen molar-refractivity contribution in [1.29, 1.82) is 0 Å². The third kappa shape index (κ3) is 4.77. The molecule has 0 unspecified atom stereocenters. The summed E-state index contributed by atoms with van der Waals surface area (Å²) in [7, 11) is 0. The molecule has 0 spiro atoms. The van der Waals surface area contributed by atoms with Gasteiger partial charge in [-0.15, -0.1) is 0 Å². The normalized spacial score (nSPS) is 10.3. The summed E-state index contributed by atoms with van der Waals surface area (Å²) in [5.41, 5.74) is 3.53. The Morgan fingerprint density at radius 3 is 2.65 bits per heavy atom. The average Bonchev–Trinajstić information content (AvgIpc) is 2.20. The van der Waals surface area contributed by atoms with Crippen LogP contribution in [0.5, 0.6) is 0 Å². The molecule has 0 atom stereocenters. The molecule has 0 radical (unpaired) electrons. The number of hydrogen-bond donors (Lipinski definition) is 2. The lowest BCUT2D eigenvalue weighted by atomic mass is 10.1. The molecule has 0 heterocycles. The lowest BCUT2D eigenvalue weighted by Crippen LogP contribution is -2.05. The summed E-state index contributed by atoms with van der Waals surface area (Å²) in [6, 6.07) is 4.21. The number of rotatable bonds is 6. The predicted molar refractivity (Wildman–Crippen MR) is 73.6 cm³/mol. The van der Waals surface area contributed by atoms with Gasteiger partial charge < -0.3 is 10.4 Å². The van der Waals surface area contributed by atoms with E-state index in [1.807, 2.05) is 0 Å². The van der Waals surface area contributed by atoms with Crippen molar-refractivity contribution < 1.29 is 9.90 Å². The van der Waals surface area contributed by atoms with Crippen LogP contribution in [0.2, 0.25) is 0 Å². The Morgan fingerprint density at radius 1 is 1.35 bits per heavy atom. The van der Waals surface area contributed by atoms with Crippen LogP contribution < -0.4 is 5.32 Å². The number of unbranched alkanes of at least 4 members (excludes halogenated alkanes) is 1. The second kappa shape index (κ2) is 6.64. The van der Waals surface area contributed by atoms with Crippen molar-refractivity contribution in [2.75, 3.05) is 11.9 Å². The van der Waals surface area contributed by atoms with E-state index in [2.05, 4.69) is 47.2 Å². The van der Waals surface area contributed by atoms with E-state index >= 15 is 0 Å². The second-order valence-electron chi connectivity index (χ2n) is 4.22. The molecule has 2 N–H and O–H groups in total. The molecule has 1 aromatic carbocycles. The predicted octanol–water partition coefficient (Wildman–Crippen LogP) is 3.73. The summed E-state index contributed by atoms with van der Waals surface area (Å²) in [4.78, 5) is 10.4. The first-order chi connectivity index (χ1) is 8.00. The highest BCUT2D eigenvalue weighted by atomic mass is 79.9. The minimum Gasteiger partial charge on any atom is -0.481 e. The minimum absolute atomic E-state index is 0.246. The highest BCUT2D eigenvalue weighted by molar-refractivity contribution is 9.10. The van der Waals surface area contributed by atoms with Crippen molar-refractivity contribution in [3.63, 3.8) is 0 Å². The molecule has 0 aliphatic rings. The first-order valence-electron chi connectivity index (χ1n) is 5.73. The summed E-state index contributed by atoms with van der Waals surface area (Å²) in [6.07, 6.45) is 1.83. The van der Waals surface area contributed by atoms with Gasteiger partial charge in [-0.1, -0.05) is 6.07 Å². The van der Waals surface area contributed by atoms with Crippen LogP contribution in [-0.2, 0) is 4.79 Å². The smallest absolute Gasteiger partial charge is 0.303 e. The molecule has 0 bridgehead atoms. The number of hydrogen-bond acceptors (Lipinski definition) is 2. The molecule has 4 heteroatoms. The Balaban J connectivity index is 2.44. The van der Waals surface area contributed by atoms with E-state index in [4.69, 9.17) is 5.11 Å². The van der Waals surface area contributed by atoms with Gasteiger partial charge in [-0.2, -0.15) is 0 Å². The lowest BCUT2D eigenvalue weighted by molar-refractivity contribution is -0.137. The Morgan fingerprint density at radius 2 is 2.06 bits per heavy atom. The van der Waals surface area contributed by atoms with Gasteiger partial charge in [-0.25, -0.2) is 0 Å². The molecule has 94 valence electrons. The highest BCUT2D eigenvalue weighted by Crippen LogP contribution is 2.27. The minimum atomic E-state index is -0.724. The summed E-state index contributed by atoms with van der Waals surface area (Å²) >= 11 is 3.53. The third-order valence-corrected chi connectivity index (χ3v) is 3.18. The van der Waals surface area contributed by atoms with Crippen molar-refractivity contribution in [3.8, 4) is 0 Å². The van der Waals surface area contributed by atoms with Crippen LogP contribution in [0.1, 0.15) is 30.4 Å². The quantitative estimate of drug-likeness (QED) is 0.787. The van der Waals surface area contributed by atoms with E-state index in [0.717, 1.165) is 23.1 Å². The third-order valence-electron chi connectivity index (χ3n) is 2.55. The number of benzene rings is 1. The maximum absolute atomic E-state index is 10.4. The van der Waals surface area contributed by atoms with Gasteiger partial charge in [0.1, 0.15) is 0 Å². The maximum Gasteiger partial charge on any atom is 0.303 e. The van der Waals surface area contributed by atoms with E-state index in [1.165, 1.54) is 11.1 Å². The Hall–Kier alpha value is -1.03. The molecule has 0 aromatic heterocycles. The number of aryl methyl sites for hydroxylation is 2. The number of carbonyl (C=O) groups is 1. The fraction of sp³-hybridized carbons (Fsp3) is 0.462. The van der Waals surface area contributed by atoms with Crippen LogP contribution in [0.3, 0.4) is 0 Å². The Kier molecular flexibility index (Phi) is 5.48. The number of nitrogens with one attached hydrogen (secondary N) is 1. The SMILES string of the molecule is Cc1cc(C)c(NCCCCC(=O)O)c(Br)c1. The van der Waals surface area contributed by atoms with Crippen LogP contribution in [-0.4, -0.2) is 17.6 Å². The van der Waals surface area contributed by atoms with Crippen molar-refractivity contribution in [2.24, 2.45) is 0 Å². The van der Waals surface area contributed by atoms with Crippen LogP contribution >= 0.6 is 15.9 Å². The number of aliphatic carboxylic acids is 1. The van der Waals surface area contributed by atoms with Crippen LogP contribution in [0.4, 0.5) is 5.69 Å². The van der Waals surface area contributed by atoms with E-state index in [0.29, 0.717) is 6.42 Å². The van der Waals surface area contributed by atoms with Crippen LogP contribution in [0, 0.1) is 13.8 Å². The lowest BCUT2D eigenvalue weighted by Gasteiger charge is -2.12. The van der Waals surface area contributed by atoms with E-state index < -0.39 is 5.97 Å². The number of carboxylic acid groups (broad SMARTS) is 1. The summed E-state index contributed by atoms with van der Waals surface area (Å²) in [5, 5.41) is 11.9. The first-order valence-corrected chi connectivity index (χ1v) is 6.52. The molecule has 1 rings (SSSR count). The van der Waals surface area contributed by atoms with Crippen molar-refractivity contribution in [2.45, 2.75) is 33.1 Å². The molecule has 0 amide bonds. The number of anilines is 1. The molecule has 0 saturated carbocycles. The monoisotopic (exact) mass is 299 g/mol. The molecular weight excluding hydrogens is 282 g/mol. The van der Waals surface area contributed by atoms with Crippen molar-refractivity contribution in [3.05, 3.63) is 27.7 Å². The van der Waals surface area contributed by atoms with Crippen molar-refractivity contribution in [1.82, 2.24) is 0 Å². The van der Waals surface area contributed by atoms with Gasteiger partial charge in [-0.3, -0.25) is 4.79 Å². The van der Waals surface area contributed by atoms with Gasteiger partial charge in [0, 0.05) is 17.4 Å². The highest BCUT2D eigenvalue weighted by Gasteiger charge is 2.04. The van der Waals surface area contributed by atoms with Crippen LogP contribution in [0.25, 0.3) is 0 Å². The van der Waals surface area contributed by atoms with E-state index in [1.54, 1.807) is 0 Å². The maximum atomic E-state index is 10.4. The molecule has 0 fully saturated rings. The topological polar surface area (TPSA) is 49.3 Å². The largest absolute Gasteiger partial charge is 0.481 e. The van der Waals surface area contributed by atoms with Crippen molar-refractivity contribution >= 4 is 27.6 Å².